The van der Waals surface area contributed by atoms with Crippen LogP contribution >= 0.6 is 23.2 Å². The van der Waals surface area contributed by atoms with E-state index in [-0.39, 0.29) is 6.04 Å². The normalized spacial score (nSPS) is 24.8. The van der Waals surface area contributed by atoms with Gasteiger partial charge in [0.05, 0.1) is 6.04 Å². The molecule has 3 atom stereocenters. The van der Waals surface area contributed by atoms with Gasteiger partial charge >= 0.3 is 0 Å². The second-order valence-corrected chi connectivity index (χ2v) is 6.28. The first-order valence-corrected chi connectivity index (χ1v) is 7.84. The molecule has 6 heteroatoms. The molecule has 1 aliphatic heterocycles. The van der Waals surface area contributed by atoms with E-state index >= 15 is 0 Å². The number of carbonyl (C=O) groups excluding carboxylic acids is 1. The van der Waals surface area contributed by atoms with Gasteiger partial charge in [-0.15, -0.1) is 0 Å². The predicted octanol–water partition coefficient (Wildman–Crippen LogP) is 3.58. The third-order valence-corrected chi connectivity index (χ3v) is 4.45. The molecule has 0 spiro atoms. The lowest BCUT2D eigenvalue weighted by atomic mass is 9.93. The number of morpholine rings is 1. The van der Waals surface area contributed by atoms with E-state index in [9.17, 15) is 9.90 Å². The van der Waals surface area contributed by atoms with Gasteiger partial charge in [-0.1, -0.05) is 47.5 Å². The van der Waals surface area contributed by atoms with Gasteiger partial charge in [0.15, 0.2) is 0 Å². The van der Waals surface area contributed by atoms with Crippen molar-refractivity contribution in [2.24, 2.45) is 0 Å². The second kappa shape index (κ2) is 6.49. The molecule has 0 saturated carbocycles. The number of ether oxygens (including phenoxy) is 1. The molecule has 23 heavy (non-hydrogen) atoms. The Balaban J connectivity index is 2.03. The van der Waals surface area contributed by atoms with Crippen LogP contribution in [0.25, 0.3) is 0 Å². The third kappa shape index (κ3) is 3.21. The summed E-state index contributed by atoms with van der Waals surface area (Å²) in [6, 6.07) is 14.0. The quantitative estimate of drug-likeness (QED) is 0.899. The number of hydrogen-bond acceptors (Lipinski definition) is 3. The third-order valence-electron chi connectivity index (χ3n) is 3.95. The van der Waals surface area contributed by atoms with Crippen LogP contribution in [0.15, 0.2) is 48.5 Å². The molecule has 3 rings (SSSR count). The van der Waals surface area contributed by atoms with Crippen molar-refractivity contribution >= 4 is 29.1 Å². The molecule has 0 aliphatic carbocycles. The molecule has 1 amide bonds. The van der Waals surface area contributed by atoms with Crippen LogP contribution in [0.3, 0.4) is 0 Å². The Kier molecular flexibility index (Phi) is 4.60. The maximum atomic E-state index is 12.1. The van der Waals surface area contributed by atoms with Gasteiger partial charge in [-0.05, 0) is 35.4 Å². The van der Waals surface area contributed by atoms with Gasteiger partial charge in [0.2, 0.25) is 6.29 Å². The van der Waals surface area contributed by atoms with E-state index in [0.717, 1.165) is 11.1 Å². The van der Waals surface area contributed by atoms with Crippen LogP contribution in [0.4, 0.5) is 0 Å². The van der Waals surface area contributed by atoms with Gasteiger partial charge in [-0.2, -0.15) is 0 Å². The molecule has 1 aliphatic rings. The van der Waals surface area contributed by atoms with Crippen LogP contribution in [0, 0.1) is 0 Å². The van der Waals surface area contributed by atoms with Gasteiger partial charge < -0.3 is 14.7 Å². The number of amides is 1. The fourth-order valence-electron chi connectivity index (χ4n) is 2.76. The van der Waals surface area contributed by atoms with E-state index in [0.29, 0.717) is 10.0 Å². The number of aliphatic hydroxyl groups excluding tert-OH is 1. The van der Waals surface area contributed by atoms with Crippen LogP contribution in [0.5, 0.6) is 0 Å². The molecule has 0 radical (unpaired) electrons. The van der Waals surface area contributed by atoms with Crippen molar-refractivity contribution < 1.29 is 14.6 Å². The number of rotatable bonds is 2. The van der Waals surface area contributed by atoms with E-state index in [1.165, 1.54) is 4.90 Å². The summed E-state index contributed by atoms with van der Waals surface area (Å²) in [5.41, 5.74) is 1.70. The average molecular weight is 352 g/mol. The Bertz CT molecular complexity index is 703. The van der Waals surface area contributed by atoms with Crippen molar-refractivity contribution in [1.29, 1.82) is 0 Å². The number of nitrogens with zero attached hydrogens (tertiary/aromatic N) is 1. The lowest BCUT2D eigenvalue weighted by Gasteiger charge is -2.41. The van der Waals surface area contributed by atoms with Crippen molar-refractivity contribution in [2.45, 2.75) is 18.4 Å². The predicted molar refractivity (Wildman–Crippen MR) is 88.2 cm³/mol. The Morgan fingerprint density at radius 2 is 1.43 bits per heavy atom. The SMILES string of the molecule is CN1C(=O)[C@H](O)O[C@@H](c2ccc(Cl)cc2)[C@H]1c1ccc(Cl)cc1. The maximum absolute atomic E-state index is 12.1. The van der Waals surface area contributed by atoms with Crippen molar-refractivity contribution in [3.63, 3.8) is 0 Å². The summed E-state index contributed by atoms with van der Waals surface area (Å²) in [6.45, 7) is 0. The molecule has 0 aromatic heterocycles. The van der Waals surface area contributed by atoms with Crippen molar-refractivity contribution in [2.75, 3.05) is 7.05 Å². The largest absolute Gasteiger partial charge is 0.360 e. The first kappa shape index (κ1) is 16.3. The van der Waals surface area contributed by atoms with Gasteiger partial charge in [0.25, 0.3) is 5.91 Å². The fourth-order valence-corrected chi connectivity index (χ4v) is 3.01. The zero-order valence-electron chi connectivity index (χ0n) is 12.3. The fraction of sp³-hybridized carbons (Fsp3) is 0.235. The molecule has 120 valence electrons. The molecule has 1 heterocycles. The first-order chi connectivity index (χ1) is 11.0. The molecule has 2 aromatic carbocycles. The molecular formula is C17H15Cl2NO3. The van der Waals surface area contributed by atoms with Crippen LogP contribution in [-0.4, -0.2) is 29.3 Å². The van der Waals surface area contributed by atoms with Gasteiger partial charge in [0.1, 0.15) is 6.10 Å². The number of likely N-dealkylation sites (N-methyl/N-ethyl adjacent to an activating group) is 1. The minimum absolute atomic E-state index is 0.371. The number of hydrogen-bond donors (Lipinski definition) is 1. The van der Waals surface area contributed by atoms with Crippen LogP contribution in [0.1, 0.15) is 23.3 Å². The van der Waals surface area contributed by atoms with Crippen molar-refractivity contribution in [3.05, 3.63) is 69.7 Å². The Hall–Kier alpha value is -1.59. The average Bonchev–Trinajstić information content (AvgIpc) is 2.54. The summed E-state index contributed by atoms with van der Waals surface area (Å²) in [5, 5.41) is 11.1. The highest BCUT2D eigenvalue weighted by Crippen LogP contribution is 2.41. The number of halogens is 2. The molecule has 2 aromatic rings. The van der Waals surface area contributed by atoms with E-state index in [2.05, 4.69) is 0 Å². The highest BCUT2D eigenvalue weighted by Gasteiger charge is 2.41. The molecule has 1 fully saturated rings. The highest BCUT2D eigenvalue weighted by molar-refractivity contribution is 6.30. The van der Waals surface area contributed by atoms with Crippen LogP contribution in [-0.2, 0) is 9.53 Å². The molecule has 0 unspecified atom stereocenters. The van der Waals surface area contributed by atoms with Gasteiger partial charge in [-0.3, -0.25) is 4.79 Å². The summed E-state index contributed by atoms with van der Waals surface area (Å²) in [5.74, 6) is -0.477. The number of aliphatic hydroxyl groups is 1. The van der Waals surface area contributed by atoms with E-state index in [4.69, 9.17) is 27.9 Å². The number of carbonyl (C=O) groups is 1. The minimum atomic E-state index is -1.48. The summed E-state index contributed by atoms with van der Waals surface area (Å²) in [6.07, 6.45) is -1.99. The second-order valence-electron chi connectivity index (χ2n) is 5.41. The lowest BCUT2D eigenvalue weighted by Crippen LogP contribution is -2.48. The Labute approximate surface area is 144 Å². The molecule has 1 N–H and O–H groups in total. The highest BCUT2D eigenvalue weighted by atomic mass is 35.5. The van der Waals surface area contributed by atoms with Gasteiger partial charge in [0, 0.05) is 17.1 Å². The standard InChI is InChI=1S/C17H15Cl2NO3/c1-20-14(10-2-6-12(18)7-3-10)15(23-17(22)16(20)21)11-4-8-13(19)9-5-11/h2-9,14-15,17,22H,1H3/t14-,15+,17-/m1/s1. The molecule has 1 saturated heterocycles. The first-order valence-electron chi connectivity index (χ1n) is 7.08. The van der Waals surface area contributed by atoms with Crippen molar-refractivity contribution in [1.82, 2.24) is 4.90 Å². The molecule has 0 bridgehead atoms. The number of benzene rings is 2. The summed E-state index contributed by atoms with van der Waals surface area (Å²) in [7, 11) is 1.65. The van der Waals surface area contributed by atoms with Crippen LogP contribution in [0.2, 0.25) is 10.0 Å². The molecular weight excluding hydrogens is 337 g/mol. The molecule has 4 nitrogen and oxygen atoms in total. The zero-order chi connectivity index (χ0) is 16.6. The monoisotopic (exact) mass is 351 g/mol. The van der Waals surface area contributed by atoms with E-state index in [1.807, 2.05) is 24.3 Å². The summed E-state index contributed by atoms with van der Waals surface area (Å²) < 4.78 is 5.58. The Morgan fingerprint density at radius 3 is 1.96 bits per heavy atom. The maximum Gasteiger partial charge on any atom is 0.279 e. The summed E-state index contributed by atoms with van der Waals surface area (Å²) >= 11 is 11.9. The van der Waals surface area contributed by atoms with E-state index in [1.54, 1.807) is 31.3 Å². The Morgan fingerprint density at radius 1 is 0.957 bits per heavy atom. The zero-order valence-corrected chi connectivity index (χ0v) is 13.8. The van der Waals surface area contributed by atoms with Gasteiger partial charge in [-0.25, -0.2) is 0 Å². The lowest BCUT2D eigenvalue weighted by molar-refractivity contribution is -0.211. The minimum Gasteiger partial charge on any atom is -0.360 e. The smallest absolute Gasteiger partial charge is 0.279 e. The van der Waals surface area contributed by atoms with Crippen molar-refractivity contribution in [3.8, 4) is 0 Å². The van der Waals surface area contributed by atoms with E-state index < -0.39 is 18.3 Å². The summed E-state index contributed by atoms with van der Waals surface area (Å²) in [4.78, 5) is 13.6. The van der Waals surface area contributed by atoms with Crippen LogP contribution < -0.4 is 0 Å². The topological polar surface area (TPSA) is 49.8 Å².